The second kappa shape index (κ2) is 7.81. The minimum absolute atomic E-state index is 0.0446. The zero-order chi connectivity index (χ0) is 21.3. The van der Waals surface area contributed by atoms with Crippen LogP contribution in [-0.4, -0.2) is 34.5 Å². The molecule has 6 nitrogen and oxygen atoms in total. The molecular weight excluding hydrogens is 401 g/mol. The maximum atomic E-state index is 13.5. The lowest BCUT2D eigenvalue weighted by molar-refractivity contribution is -0.213. The highest BCUT2D eigenvalue weighted by atomic mass is 19.4. The summed E-state index contributed by atoms with van der Waals surface area (Å²) in [6, 6.07) is 12.1. The molecule has 1 amide bonds. The van der Waals surface area contributed by atoms with Gasteiger partial charge in [0, 0.05) is 19.5 Å². The van der Waals surface area contributed by atoms with E-state index in [1.54, 1.807) is 29.2 Å². The van der Waals surface area contributed by atoms with Crippen LogP contribution < -0.4 is 0 Å². The number of amides is 1. The number of halogens is 3. The normalized spacial score (nSPS) is 15.6. The molecule has 1 aliphatic heterocycles. The van der Waals surface area contributed by atoms with Crippen LogP contribution in [0.4, 0.5) is 13.2 Å². The molecule has 1 saturated heterocycles. The number of benzene rings is 2. The predicted octanol–water partition coefficient (Wildman–Crippen LogP) is 4.41. The molecule has 9 heteroatoms. The molecule has 0 N–H and O–H groups in total. The molecule has 0 unspecified atom stereocenters. The number of rotatable bonds is 5. The second-order valence-corrected chi connectivity index (χ2v) is 6.96. The number of carbonyl (C=O) groups excluding carboxylic acids is 2. The Morgan fingerprint density at radius 3 is 2.53 bits per heavy atom. The third-order valence-electron chi connectivity index (χ3n) is 4.79. The molecule has 3 aromatic rings. The summed E-state index contributed by atoms with van der Waals surface area (Å²) in [6.45, 7) is 1.06. The Bertz CT molecular complexity index is 1040. The van der Waals surface area contributed by atoms with Gasteiger partial charge in [-0.1, -0.05) is 24.3 Å². The number of esters is 1. The lowest BCUT2D eigenvalue weighted by atomic mass is 10.1. The van der Waals surface area contributed by atoms with E-state index in [1.807, 2.05) is 0 Å². The Hall–Kier alpha value is -3.36. The van der Waals surface area contributed by atoms with Crippen LogP contribution in [0.1, 0.15) is 40.8 Å². The summed E-state index contributed by atoms with van der Waals surface area (Å²) in [5.41, 5.74) is 1.13. The molecule has 1 atom stereocenters. The second-order valence-electron chi connectivity index (χ2n) is 6.96. The number of hydrogen-bond acceptors (Lipinski definition) is 5. The van der Waals surface area contributed by atoms with Crippen LogP contribution in [0.2, 0.25) is 0 Å². The van der Waals surface area contributed by atoms with Crippen molar-refractivity contribution in [1.82, 2.24) is 9.88 Å². The zero-order valence-electron chi connectivity index (χ0n) is 15.7. The van der Waals surface area contributed by atoms with E-state index in [0.29, 0.717) is 19.5 Å². The third-order valence-corrected chi connectivity index (χ3v) is 4.79. The first kappa shape index (κ1) is 19.9. The highest BCUT2D eigenvalue weighted by Gasteiger charge is 2.47. The van der Waals surface area contributed by atoms with Crippen LogP contribution in [0.5, 0.6) is 0 Å². The van der Waals surface area contributed by atoms with Crippen LogP contribution >= 0.6 is 0 Å². The summed E-state index contributed by atoms with van der Waals surface area (Å²) in [5, 5.41) is 0. The monoisotopic (exact) mass is 418 g/mol. The molecule has 0 aliphatic carbocycles. The Kier molecular flexibility index (Phi) is 5.19. The molecule has 30 heavy (non-hydrogen) atoms. The zero-order valence-corrected chi connectivity index (χ0v) is 15.7. The van der Waals surface area contributed by atoms with Crippen molar-refractivity contribution in [3.05, 3.63) is 65.5 Å². The fourth-order valence-electron chi connectivity index (χ4n) is 3.27. The van der Waals surface area contributed by atoms with Crippen LogP contribution in [-0.2, 0) is 16.1 Å². The van der Waals surface area contributed by atoms with Crippen molar-refractivity contribution >= 4 is 23.0 Å². The quantitative estimate of drug-likeness (QED) is 0.574. The van der Waals surface area contributed by atoms with Crippen molar-refractivity contribution in [3.63, 3.8) is 0 Å². The molecule has 0 saturated carbocycles. The van der Waals surface area contributed by atoms with E-state index in [4.69, 9.17) is 9.15 Å². The van der Waals surface area contributed by atoms with Gasteiger partial charge in [0.25, 0.3) is 6.10 Å². The molecule has 0 radical (unpaired) electrons. The number of para-hydroxylation sites is 2. The molecule has 156 valence electrons. The van der Waals surface area contributed by atoms with Gasteiger partial charge in [-0.25, -0.2) is 9.78 Å². The van der Waals surface area contributed by atoms with E-state index in [9.17, 15) is 22.8 Å². The lowest BCUT2D eigenvalue weighted by Gasteiger charge is -2.18. The van der Waals surface area contributed by atoms with Crippen LogP contribution in [0.3, 0.4) is 0 Å². The summed E-state index contributed by atoms with van der Waals surface area (Å²) in [5.74, 6) is -1.82. The topological polar surface area (TPSA) is 72.6 Å². The standard InChI is InChI=1S/C21H17F3N2O4/c22-21(23,24)18(19-25-15-4-1-2-5-16(15)29-19)30-20(28)14-9-7-13(8-10-14)12-26-11-3-6-17(26)27/h1-2,4-5,7-10,18H,3,6,11-12H2/t18-/m0/s1. The number of nitrogens with zero attached hydrogens (tertiary/aromatic N) is 2. The molecular formula is C21H17F3N2O4. The maximum Gasteiger partial charge on any atom is 0.434 e. The maximum absolute atomic E-state index is 13.5. The highest BCUT2D eigenvalue weighted by molar-refractivity contribution is 5.89. The van der Waals surface area contributed by atoms with Crippen LogP contribution in [0, 0.1) is 0 Å². The average molecular weight is 418 g/mol. The van der Waals surface area contributed by atoms with Crippen molar-refractivity contribution < 1.29 is 31.9 Å². The number of aromatic nitrogens is 1. The van der Waals surface area contributed by atoms with Crippen molar-refractivity contribution in [2.45, 2.75) is 31.7 Å². The van der Waals surface area contributed by atoms with Gasteiger partial charge in [0.05, 0.1) is 5.56 Å². The summed E-state index contributed by atoms with van der Waals surface area (Å²) < 4.78 is 50.4. The Balaban J connectivity index is 1.50. The number of oxazole rings is 1. The summed E-state index contributed by atoms with van der Waals surface area (Å²) in [7, 11) is 0. The molecule has 1 fully saturated rings. The molecule has 1 aliphatic rings. The Morgan fingerprint density at radius 2 is 1.90 bits per heavy atom. The first-order valence-electron chi connectivity index (χ1n) is 9.31. The van der Waals surface area contributed by atoms with E-state index in [2.05, 4.69) is 4.98 Å². The number of likely N-dealkylation sites (tertiary alicyclic amines) is 1. The third kappa shape index (κ3) is 4.14. The molecule has 0 bridgehead atoms. The van der Waals surface area contributed by atoms with E-state index in [-0.39, 0.29) is 22.6 Å². The van der Waals surface area contributed by atoms with Crippen molar-refractivity contribution in [2.75, 3.05) is 6.54 Å². The van der Waals surface area contributed by atoms with Gasteiger partial charge in [0.1, 0.15) is 5.52 Å². The summed E-state index contributed by atoms with van der Waals surface area (Å²) in [4.78, 5) is 29.5. The number of carbonyl (C=O) groups is 2. The van der Waals surface area contributed by atoms with Crippen molar-refractivity contribution in [2.24, 2.45) is 0 Å². The van der Waals surface area contributed by atoms with Gasteiger partial charge in [-0.2, -0.15) is 13.2 Å². The van der Waals surface area contributed by atoms with E-state index in [0.717, 1.165) is 12.0 Å². The van der Waals surface area contributed by atoms with Gasteiger partial charge in [-0.3, -0.25) is 4.79 Å². The number of ether oxygens (including phenoxy) is 1. The Labute approximate surface area is 169 Å². The largest absolute Gasteiger partial charge is 0.439 e. The van der Waals surface area contributed by atoms with Crippen LogP contribution in [0.25, 0.3) is 11.1 Å². The van der Waals surface area contributed by atoms with E-state index in [1.165, 1.54) is 24.3 Å². The minimum atomic E-state index is -4.90. The number of alkyl halides is 3. The fourth-order valence-corrected chi connectivity index (χ4v) is 3.27. The molecule has 0 spiro atoms. The molecule has 2 heterocycles. The van der Waals surface area contributed by atoms with Gasteiger partial charge in [0.15, 0.2) is 5.58 Å². The van der Waals surface area contributed by atoms with Crippen molar-refractivity contribution in [1.29, 1.82) is 0 Å². The van der Waals surface area contributed by atoms with Gasteiger partial charge in [-0.05, 0) is 36.2 Å². The van der Waals surface area contributed by atoms with Crippen LogP contribution in [0.15, 0.2) is 52.9 Å². The average Bonchev–Trinajstić information content (AvgIpc) is 3.31. The summed E-state index contributed by atoms with van der Waals surface area (Å²) >= 11 is 0. The molecule has 1 aromatic heterocycles. The number of hydrogen-bond donors (Lipinski definition) is 0. The van der Waals surface area contributed by atoms with Gasteiger partial charge in [0.2, 0.25) is 11.8 Å². The van der Waals surface area contributed by atoms with E-state index >= 15 is 0 Å². The van der Waals surface area contributed by atoms with Gasteiger partial charge >= 0.3 is 12.1 Å². The van der Waals surface area contributed by atoms with Gasteiger partial charge in [-0.15, -0.1) is 0 Å². The fraction of sp³-hybridized carbons (Fsp3) is 0.286. The predicted molar refractivity (Wildman–Crippen MR) is 99.3 cm³/mol. The minimum Gasteiger partial charge on any atom is -0.439 e. The lowest BCUT2D eigenvalue weighted by Crippen LogP contribution is -2.26. The van der Waals surface area contributed by atoms with Crippen molar-refractivity contribution in [3.8, 4) is 0 Å². The smallest absolute Gasteiger partial charge is 0.434 e. The highest BCUT2D eigenvalue weighted by Crippen LogP contribution is 2.37. The summed E-state index contributed by atoms with van der Waals surface area (Å²) in [6.07, 6.45) is -6.21. The first-order chi connectivity index (χ1) is 14.3. The first-order valence-corrected chi connectivity index (χ1v) is 9.31. The van der Waals surface area contributed by atoms with Gasteiger partial charge < -0.3 is 14.1 Å². The Morgan fingerprint density at radius 1 is 1.17 bits per heavy atom. The van der Waals surface area contributed by atoms with E-state index < -0.39 is 24.1 Å². The SMILES string of the molecule is O=C(O[C@@H](c1nc2ccccc2o1)C(F)(F)F)c1ccc(CN2CCCC2=O)cc1. The number of fused-ring (bicyclic) bond motifs is 1. The molecule has 4 rings (SSSR count). The molecule has 2 aromatic carbocycles.